The topological polar surface area (TPSA) is 6.48 Å². The molecule has 2 aliphatic rings. The van der Waals surface area contributed by atoms with E-state index >= 15 is 0 Å². The van der Waals surface area contributed by atoms with Gasteiger partial charge < -0.3 is 4.90 Å². The third-order valence-corrected chi connectivity index (χ3v) is 4.60. The van der Waals surface area contributed by atoms with Crippen molar-refractivity contribution in [3.63, 3.8) is 0 Å². The van der Waals surface area contributed by atoms with Crippen LogP contribution < -0.4 is 0 Å². The number of rotatable bonds is 5. The molecule has 1 aromatic carbocycles. The van der Waals surface area contributed by atoms with Crippen LogP contribution in [0.4, 0.5) is 0 Å². The SMILES string of the molecule is CC[C@H]1CN(CC2CC2)CCN1Cc1ccccc1. The maximum absolute atomic E-state index is 2.70. The van der Waals surface area contributed by atoms with Crippen LogP contribution in [-0.4, -0.2) is 42.0 Å². The molecule has 3 rings (SSSR count). The molecule has 1 heterocycles. The van der Waals surface area contributed by atoms with E-state index in [0.29, 0.717) is 0 Å². The van der Waals surface area contributed by atoms with Crippen LogP contribution in [0.15, 0.2) is 30.3 Å². The first kappa shape index (κ1) is 13.1. The van der Waals surface area contributed by atoms with Gasteiger partial charge in [0.15, 0.2) is 0 Å². The molecule has 19 heavy (non-hydrogen) atoms. The smallest absolute Gasteiger partial charge is 0.0237 e. The standard InChI is InChI=1S/C17H26N2/c1-2-17-14-18(12-16-8-9-16)10-11-19(17)13-15-6-4-3-5-7-15/h3-7,16-17H,2,8-14H2,1H3/t17-/m0/s1. The van der Waals surface area contributed by atoms with Crippen molar-refractivity contribution in [2.45, 2.75) is 38.8 Å². The molecule has 0 amide bonds. The highest BCUT2D eigenvalue weighted by atomic mass is 15.3. The molecule has 2 heteroatoms. The van der Waals surface area contributed by atoms with Gasteiger partial charge in [-0.25, -0.2) is 0 Å². The Bertz CT molecular complexity index is 386. The fourth-order valence-corrected chi connectivity index (χ4v) is 3.20. The van der Waals surface area contributed by atoms with Gasteiger partial charge in [0.1, 0.15) is 0 Å². The van der Waals surface area contributed by atoms with Crippen molar-refractivity contribution >= 4 is 0 Å². The van der Waals surface area contributed by atoms with Crippen LogP contribution in [-0.2, 0) is 6.54 Å². The summed E-state index contributed by atoms with van der Waals surface area (Å²) in [6.45, 7) is 8.59. The Hall–Kier alpha value is -0.860. The summed E-state index contributed by atoms with van der Waals surface area (Å²) in [7, 11) is 0. The van der Waals surface area contributed by atoms with Gasteiger partial charge in [-0.15, -0.1) is 0 Å². The number of benzene rings is 1. The Morgan fingerprint density at radius 2 is 1.89 bits per heavy atom. The summed E-state index contributed by atoms with van der Waals surface area (Å²) < 4.78 is 0. The zero-order chi connectivity index (χ0) is 13.1. The highest BCUT2D eigenvalue weighted by Gasteiger charge is 2.30. The number of hydrogen-bond acceptors (Lipinski definition) is 2. The molecule has 0 unspecified atom stereocenters. The summed E-state index contributed by atoms with van der Waals surface area (Å²) in [5.41, 5.74) is 1.46. The van der Waals surface area contributed by atoms with E-state index in [1.807, 2.05) is 0 Å². The van der Waals surface area contributed by atoms with Gasteiger partial charge in [-0.1, -0.05) is 37.3 Å². The first-order chi connectivity index (χ1) is 9.35. The molecule has 104 valence electrons. The molecule has 0 spiro atoms. The van der Waals surface area contributed by atoms with Crippen LogP contribution >= 0.6 is 0 Å². The summed E-state index contributed by atoms with van der Waals surface area (Å²) in [6, 6.07) is 11.7. The van der Waals surface area contributed by atoms with Crippen molar-refractivity contribution in [1.82, 2.24) is 9.80 Å². The van der Waals surface area contributed by atoms with Crippen molar-refractivity contribution in [1.29, 1.82) is 0 Å². The number of piperazine rings is 1. The van der Waals surface area contributed by atoms with Crippen molar-refractivity contribution in [2.75, 3.05) is 26.2 Å². The van der Waals surface area contributed by atoms with Crippen molar-refractivity contribution in [3.05, 3.63) is 35.9 Å². The summed E-state index contributed by atoms with van der Waals surface area (Å²) in [5.74, 6) is 1.03. The summed E-state index contributed by atoms with van der Waals surface area (Å²) >= 11 is 0. The minimum atomic E-state index is 0.743. The van der Waals surface area contributed by atoms with Crippen molar-refractivity contribution < 1.29 is 0 Å². The predicted octanol–water partition coefficient (Wildman–Crippen LogP) is 2.99. The largest absolute Gasteiger partial charge is 0.300 e. The van der Waals surface area contributed by atoms with Gasteiger partial charge in [-0.3, -0.25) is 4.90 Å². The average Bonchev–Trinajstić information content (AvgIpc) is 3.25. The summed E-state index contributed by atoms with van der Waals surface area (Å²) in [5, 5.41) is 0. The van der Waals surface area contributed by atoms with E-state index < -0.39 is 0 Å². The third kappa shape index (κ3) is 3.58. The monoisotopic (exact) mass is 258 g/mol. The molecule has 0 radical (unpaired) electrons. The van der Waals surface area contributed by atoms with Crippen molar-refractivity contribution in [2.24, 2.45) is 5.92 Å². The van der Waals surface area contributed by atoms with Crippen molar-refractivity contribution in [3.8, 4) is 0 Å². The Morgan fingerprint density at radius 1 is 1.11 bits per heavy atom. The van der Waals surface area contributed by atoms with Crippen LogP contribution in [0.5, 0.6) is 0 Å². The molecule has 2 nitrogen and oxygen atoms in total. The van der Waals surface area contributed by atoms with Crippen LogP contribution in [0.1, 0.15) is 31.7 Å². The summed E-state index contributed by atoms with van der Waals surface area (Å²) in [6.07, 6.45) is 4.22. The molecular weight excluding hydrogens is 232 g/mol. The second-order valence-corrected chi connectivity index (χ2v) is 6.22. The third-order valence-electron chi connectivity index (χ3n) is 4.60. The highest BCUT2D eigenvalue weighted by Crippen LogP contribution is 2.30. The number of hydrogen-bond donors (Lipinski definition) is 0. The van der Waals surface area contributed by atoms with E-state index in [-0.39, 0.29) is 0 Å². The van der Waals surface area contributed by atoms with Gasteiger partial charge in [0.2, 0.25) is 0 Å². The predicted molar refractivity (Wildman–Crippen MR) is 80.1 cm³/mol. The number of nitrogens with zero attached hydrogens (tertiary/aromatic N) is 2. The zero-order valence-electron chi connectivity index (χ0n) is 12.1. The zero-order valence-corrected chi connectivity index (χ0v) is 12.1. The first-order valence-corrected chi connectivity index (χ1v) is 7.85. The molecule has 0 bridgehead atoms. The molecule has 1 atom stereocenters. The first-order valence-electron chi connectivity index (χ1n) is 7.85. The van der Waals surface area contributed by atoms with E-state index in [1.165, 1.54) is 51.0 Å². The molecule has 1 aliphatic carbocycles. The molecule has 1 saturated heterocycles. The molecule has 2 fully saturated rings. The minimum Gasteiger partial charge on any atom is -0.300 e. The fourth-order valence-electron chi connectivity index (χ4n) is 3.20. The van der Waals surface area contributed by atoms with Gasteiger partial charge in [0.25, 0.3) is 0 Å². The maximum Gasteiger partial charge on any atom is 0.0237 e. The lowest BCUT2D eigenvalue weighted by atomic mass is 10.1. The van der Waals surface area contributed by atoms with Gasteiger partial charge in [0, 0.05) is 38.8 Å². The molecule has 0 aromatic heterocycles. The lowest BCUT2D eigenvalue weighted by molar-refractivity contribution is 0.0637. The lowest BCUT2D eigenvalue weighted by Gasteiger charge is -2.41. The van der Waals surface area contributed by atoms with E-state index in [4.69, 9.17) is 0 Å². The second-order valence-electron chi connectivity index (χ2n) is 6.22. The van der Waals surface area contributed by atoms with Gasteiger partial charge >= 0.3 is 0 Å². The van der Waals surface area contributed by atoms with Gasteiger partial charge in [-0.2, -0.15) is 0 Å². The second kappa shape index (κ2) is 6.06. The van der Waals surface area contributed by atoms with E-state index in [0.717, 1.165) is 18.5 Å². The molecule has 0 N–H and O–H groups in total. The highest BCUT2D eigenvalue weighted by molar-refractivity contribution is 5.14. The van der Waals surface area contributed by atoms with Gasteiger partial charge in [0.05, 0.1) is 0 Å². The van der Waals surface area contributed by atoms with E-state index in [2.05, 4.69) is 47.1 Å². The van der Waals surface area contributed by atoms with Gasteiger partial charge in [-0.05, 0) is 30.7 Å². The van der Waals surface area contributed by atoms with Crippen LogP contribution in [0.2, 0.25) is 0 Å². The average molecular weight is 258 g/mol. The quantitative estimate of drug-likeness (QED) is 0.801. The molecule has 1 saturated carbocycles. The molecular formula is C17H26N2. The van der Waals surface area contributed by atoms with Crippen LogP contribution in [0.3, 0.4) is 0 Å². The Morgan fingerprint density at radius 3 is 2.58 bits per heavy atom. The Balaban J connectivity index is 1.56. The molecule has 1 aromatic rings. The summed E-state index contributed by atoms with van der Waals surface area (Å²) in [4.78, 5) is 5.38. The minimum absolute atomic E-state index is 0.743. The Labute approximate surface area is 117 Å². The van der Waals surface area contributed by atoms with E-state index in [9.17, 15) is 0 Å². The lowest BCUT2D eigenvalue weighted by Crippen LogP contribution is -2.52. The maximum atomic E-state index is 2.70. The van der Waals surface area contributed by atoms with Crippen LogP contribution in [0.25, 0.3) is 0 Å². The Kier molecular flexibility index (Phi) is 4.19. The van der Waals surface area contributed by atoms with Crippen LogP contribution in [0, 0.1) is 5.92 Å². The normalized spacial score (nSPS) is 25.6. The van der Waals surface area contributed by atoms with E-state index in [1.54, 1.807) is 0 Å². The fraction of sp³-hybridized carbons (Fsp3) is 0.647. The molecule has 1 aliphatic heterocycles.